The number of piperidine rings is 1. The van der Waals surface area contributed by atoms with Gasteiger partial charge in [0.1, 0.15) is 0 Å². The van der Waals surface area contributed by atoms with Gasteiger partial charge in [-0.1, -0.05) is 36.4 Å². The highest BCUT2D eigenvalue weighted by molar-refractivity contribution is 6.07. The summed E-state index contributed by atoms with van der Waals surface area (Å²) in [6.07, 6.45) is 2.54. The normalized spacial score (nSPS) is 18.4. The molecule has 0 spiro atoms. The van der Waals surface area contributed by atoms with Crippen LogP contribution >= 0.6 is 12.4 Å². The number of halogens is 1. The Morgan fingerprint density at radius 3 is 2.43 bits per heavy atom. The van der Waals surface area contributed by atoms with Gasteiger partial charge in [0.2, 0.25) is 5.91 Å². The molecule has 2 aliphatic heterocycles. The summed E-state index contributed by atoms with van der Waals surface area (Å²) in [5.41, 5.74) is 0.761. The van der Waals surface area contributed by atoms with Crippen LogP contribution in [0.4, 0.5) is 0 Å². The fraction of sp³-hybridized carbons (Fsp3) is 0.455. The average Bonchev–Trinajstić information content (AvgIpc) is 3.02. The maximum atomic E-state index is 13.1. The smallest absolute Gasteiger partial charge is 0.254 e. The number of amides is 2. The first-order chi connectivity index (χ1) is 13.2. The predicted octanol–water partition coefficient (Wildman–Crippen LogP) is 2.94. The minimum atomic E-state index is 0. The summed E-state index contributed by atoms with van der Waals surface area (Å²) >= 11 is 0. The standard InChI is InChI=1S/C22H27N3O2.ClH/c26-21(24-13-4-11-23-12-16-24)18-9-14-25(15-10-18)22(27)20-8-3-6-17-5-1-2-7-19(17)20;/h1-3,5-8,18,23H,4,9-16H2;1H. The Kier molecular flexibility index (Phi) is 6.92. The molecular formula is C22H28ClN3O2. The van der Waals surface area contributed by atoms with E-state index in [1.165, 1.54) is 0 Å². The van der Waals surface area contributed by atoms with Gasteiger partial charge in [-0.25, -0.2) is 0 Å². The monoisotopic (exact) mass is 401 g/mol. The topological polar surface area (TPSA) is 52.7 Å². The Morgan fingerprint density at radius 1 is 0.857 bits per heavy atom. The van der Waals surface area contributed by atoms with Gasteiger partial charge in [-0.15, -0.1) is 12.4 Å². The number of carbonyl (C=O) groups excluding carboxylic acids is 2. The Labute approximate surface area is 172 Å². The zero-order chi connectivity index (χ0) is 18.6. The van der Waals surface area contributed by atoms with Crippen LogP contribution in [0.1, 0.15) is 29.6 Å². The number of hydrogen-bond acceptors (Lipinski definition) is 3. The van der Waals surface area contributed by atoms with Crippen molar-refractivity contribution in [3.63, 3.8) is 0 Å². The van der Waals surface area contributed by atoms with Crippen molar-refractivity contribution in [1.82, 2.24) is 15.1 Å². The highest BCUT2D eigenvalue weighted by Crippen LogP contribution is 2.24. The molecule has 0 unspecified atom stereocenters. The molecule has 6 heteroatoms. The summed E-state index contributed by atoms with van der Waals surface area (Å²) in [6, 6.07) is 13.9. The van der Waals surface area contributed by atoms with Crippen LogP contribution in [0.3, 0.4) is 0 Å². The molecule has 0 aromatic heterocycles. The fourth-order valence-electron chi connectivity index (χ4n) is 4.24. The second-order valence-corrected chi connectivity index (χ2v) is 7.52. The third-order valence-electron chi connectivity index (χ3n) is 5.80. The second-order valence-electron chi connectivity index (χ2n) is 7.52. The molecule has 150 valence electrons. The van der Waals surface area contributed by atoms with Crippen molar-refractivity contribution >= 4 is 35.0 Å². The third kappa shape index (κ3) is 4.31. The van der Waals surface area contributed by atoms with Crippen molar-refractivity contribution in [2.24, 2.45) is 5.92 Å². The van der Waals surface area contributed by atoms with E-state index >= 15 is 0 Å². The lowest BCUT2D eigenvalue weighted by atomic mass is 9.94. The largest absolute Gasteiger partial charge is 0.341 e. The van der Waals surface area contributed by atoms with Crippen LogP contribution in [0.2, 0.25) is 0 Å². The molecule has 0 bridgehead atoms. The van der Waals surface area contributed by atoms with E-state index in [2.05, 4.69) is 5.32 Å². The summed E-state index contributed by atoms with van der Waals surface area (Å²) < 4.78 is 0. The minimum Gasteiger partial charge on any atom is -0.341 e. The molecule has 0 aliphatic carbocycles. The first kappa shape index (κ1) is 20.6. The van der Waals surface area contributed by atoms with Crippen molar-refractivity contribution in [1.29, 1.82) is 0 Å². The molecule has 2 heterocycles. The molecule has 0 saturated carbocycles. The summed E-state index contributed by atoms with van der Waals surface area (Å²) in [5, 5.41) is 5.43. The Morgan fingerprint density at radius 2 is 1.61 bits per heavy atom. The van der Waals surface area contributed by atoms with E-state index in [0.29, 0.717) is 13.1 Å². The Bertz CT molecular complexity index is 820. The average molecular weight is 402 g/mol. The Hall–Kier alpha value is -2.11. The van der Waals surface area contributed by atoms with Gasteiger partial charge in [-0.05, 0) is 42.6 Å². The molecule has 4 rings (SSSR count). The molecule has 2 aliphatic rings. The highest BCUT2D eigenvalue weighted by atomic mass is 35.5. The fourth-order valence-corrected chi connectivity index (χ4v) is 4.24. The van der Waals surface area contributed by atoms with E-state index in [-0.39, 0.29) is 30.1 Å². The van der Waals surface area contributed by atoms with Crippen LogP contribution in [0.25, 0.3) is 10.8 Å². The number of hydrogen-bond donors (Lipinski definition) is 1. The van der Waals surface area contributed by atoms with Crippen molar-refractivity contribution in [3.8, 4) is 0 Å². The number of fused-ring (bicyclic) bond motifs is 1. The van der Waals surface area contributed by atoms with Crippen molar-refractivity contribution in [2.45, 2.75) is 19.3 Å². The van der Waals surface area contributed by atoms with Gasteiger partial charge in [0, 0.05) is 44.2 Å². The third-order valence-corrected chi connectivity index (χ3v) is 5.80. The highest BCUT2D eigenvalue weighted by Gasteiger charge is 2.31. The summed E-state index contributed by atoms with van der Waals surface area (Å²) in [4.78, 5) is 29.8. The van der Waals surface area contributed by atoms with E-state index < -0.39 is 0 Å². The summed E-state index contributed by atoms with van der Waals surface area (Å²) in [6.45, 7) is 4.83. The minimum absolute atomic E-state index is 0. The predicted molar refractivity (Wildman–Crippen MR) is 114 cm³/mol. The molecule has 2 amide bonds. The van der Waals surface area contributed by atoms with Crippen LogP contribution < -0.4 is 5.32 Å². The lowest BCUT2D eigenvalue weighted by Crippen LogP contribution is -2.45. The van der Waals surface area contributed by atoms with Gasteiger partial charge in [0.25, 0.3) is 5.91 Å². The van der Waals surface area contributed by atoms with Gasteiger partial charge in [-0.3, -0.25) is 9.59 Å². The lowest BCUT2D eigenvalue weighted by Gasteiger charge is -2.34. The van der Waals surface area contributed by atoms with E-state index in [0.717, 1.165) is 61.8 Å². The van der Waals surface area contributed by atoms with Crippen LogP contribution in [0.15, 0.2) is 42.5 Å². The molecular weight excluding hydrogens is 374 g/mol. The van der Waals surface area contributed by atoms with Gasteiger partial charge >= 0.3 is 0 Å². The van der Waals surface area contributed by atoms with Gasteiger partial charge in [0.15, 0.2) is 0 Å². The van der Waals surface area contributed by atoms with Gasteiger partial charge < -0.3 is 15.1 Å². The molecule has 2 aromatic rings. The Balaban J connectivity index is 0.00000225. The number of nitrogens with one attached hydrogen (secondary N) is 1. The molecule has 2 aromatic carbocycles. The summed E-state index contributed by atoms with van der Waals surface area (Å²) in [5.74, 6) is 0.410. The quantitative estimate of drug-likeness (QED) is 0.841. The molecule has 2 saturated heterocycles. The first-order valence-corrected chi connectivity index (χ1v) is 10.0. The molecule has 2 fully saturated rings. The molecule has 1 N–H and O–H groups in total. The maximum absolute atomic E-state index is 13.1. The maximum Gasteiger partial charge on any atom is 0.254 e. The number of nitrogens with zero attached hydrogens (tertiary/aromatic N) is 2. The van der Waals surface area contributed by atoms with Crippen LogP contribution in [0, 0.1) is 5.92 Å². The SMILES string of the molecule is Cl.O=C(c1cccc2ccccc12)N1CCC(C(=O)N2CCCNCC2)CC1. The summed E-state index contributed by atoms with van der Waals surface area (Å²) in [7, 11) is 0. The van der Waals surface area contributed by atoms with Crippen molar-refractivity contribution < 1.29 is 9.59 Å². The second kappa shape index (κ2) is 9.39. The van der Waals surface area contributed by atoms with Crippen LogP contribution in [-0.2, 0) is 4.79 Å². The van der Waals surface area contributed by atoms with E-state index in [1.807, 2.05) is 52.3 Å². The van der Waals surface area contributed by atoms with E-state index in [1.54, 1.807) is 0 Å². The first-order valence-electron chi connectivity index (χ1n) is 10.0. The van der Waals surface area contributed by atoms with Crippen molar-refractivity contribution in [2.75, 3.05) is 39.3 Å². The molecule has 5 nitrogen and oxygen atoms in total. The van der Waals surface area contributed by atoms with Crippen molar-refractivity contribution in [3.05, 3.63) is 48.0 Å². The lowest BCUT2D eigenvalue weighted by molar-refractivity contribution is -0.136. The number of benzene rings is 2. The molecule has 28 heavy (non-hydrogen) atoms. The number of carbonyl (C=O) groups is 2. The zero-order valence-corrected chi connectivity index (χ0v) is 16.9. The number of rotatable bonds is 2. The molecule has 0 radical (unpaired) electrons. The number of likely N-dealkylation sites (tertiary alicyclic amines) is 1. The van der Waals surface area contributed by atoms with Gasteiger partial charge in [-0.2, -0.15) is 0 Å². The van der Waals surface area contributed by atoms with E-state index in [9.17, 15) is 9.59 Å². The zero-order valence-electron chi connectivity index (χ0n) is 16.1. The van der Waals surface area contributed by atoms with E-state index in [4.69, 9.17) is 0 Å². The van der Waals surface area contributed by atoms with Crippen LogP contribution in [0.5, 0.6) is 0 Å². The van der Waals surface area contributed by atoms with Gasteiger partial charge in [0.05, 0.1) is 0 Å². The molecule has 0 atom stereocenters. The van der Waals surface area contributed by atoms with Crippen LogP contribution in [-0.4, -0.2) is 60.9 Å².